The minimum Gasteiger partial charge on any atom is -0.434 e. The van der Waals surface area contributed by atoms with E-state index in [0.717, 1.165) is 5.56 Å². The van der Waals surface area contributed by atoms with Crippen molar-refractivity contribution < 1.29 is 23.4 Å². The van der Waals surface area contributed by atoms with Crippen LogP contribution in [0.1, 0.15) is 33.1 Å². The number of hydrogen-bond donors (Lipinski definition) is 3. The highest BCUT2D eigenvalue weighted by atomic mass is 35.5. The van der Waals surface area contributed by atoms with Gasteiger partial charge in [0.1, 0.15) is 5.75 Å². The van der Waals surface area contributed by atoms with E-state index >= 15 is 0 Å². The standard InChI is InChI=1S/C22H18F2N4O3.ClH/c23-21(24)31-19-9-8-17(10-16(19)7-6-14-11-26-22(25)27-12-14)20(30)28-18(13-29)15-4-2-1-3-5-15;/h1-5,8-12,18,21,29H,13H2,(H,28,30)(H2,25,26,27);1H/t18-;/m1./s1. The van der Waals surface area contributed by atoms with Crippen LogP contribution in [0, 0.1) is 11.8 Å². The molecule has 7 nitrogen and oxygen atoms in total. The molecular weight excluding hydrogens is 442 g/mol. The molecule has 32 heavy (non-hydrogen) atoms. The van der Waals surface area contributed by atoms with Gasteiger partial charge >= 0.3 is 6.61 Å². The lowest BCUT2D eigenvalue weighted by molar-refractivity contribution is -0.0500. The van der Waals surface area contributed by atoms with Gasteiger partial charge in [0, 0.05) is 18.0 Å². The third kappa shape index (κ3) is 6.63. The van der Waals surface area contributed by atoms with Crippen molar-refractivity contribution in [3.05, 3.63) is 83.2 Å². The number of aromatic nitrogens is 2. The van der Waals surface area contributed by atoms with Crippen LogP contribution in [-0.2, 0) is 0 Å². The van der Waals surface area contributed by atoms with Gasteiger partial charge in [-0.2, -0.15) is 8.78 Å². The summed E-state index contributed by atoms with van der Waals surface area (Å²) in [5, 5.41) is 12.3. The Hall–Kier alpha value is -3.74. The zero-order valence-electron chi connectivity index (χ0n) is 16.5. The van der Waals surface area contributed by atoms with Gasteiger partial charge in [0.15, 0.2) is 0 Å². The molecule has 0 fully saturated rings. The molecule has 10 heteroatoms. The Balaban J connectivity index is 0.00000363. The van der Waals surface area contributed by atoms with Crippen LogP contribution in [0.4, 0.5) is 14.7 Å². The highest BCUT2D eigenvalue weighted by molar-refractivity contribution is 5.95. The Morgan fingerprint density at radius 2 is 1.81 bits per heavy atom. The van der Waals surface area contributed by atoms with Gasteiger partial charge in [-0.3, -0.25) is 4.79 Å². The second-order valence-corrected chi connectivity index (χ2v) is 6.29. The summed E-state index contributed by atoms with van der Waals surface area (Å²) in [5.41, 5.74) is 6.78. The Morgan fingerprint density at radius 1 is 1.12 bits per heavy atom. The van der Waals surface area contributed by atoms with E-state index in [-0.39, 0.29) is 41.8 Å². The monoisotopic (exact) mass is 460 g/mol. The van der Waals surface area contributed by atoms with E-state index in [1.807, 2.05) is 6.07 Å². The molecule has 3 rings (SSSR count). The molecule has 0 bridgehead atoms. The first kappa shape index (κ1) is 24.5. The molecule has 0 saturated carbocycles. The van der Waals surface area contributed by atoms with Crippen LogP contribution < -0.4 is 15.8 Å². The zero-order valence-corrected chi connectivity index (χ0v) is 17.4. The number of ether oxygens (including phenoxy) is 1. The van der Waals surface area contributed by atoms with Gasteiger partial charge in [0.2, 0.25) is 5.95 Å². The molecule has 0 aliphatic rings. The number of hydrogen-bond acceptors (Lipinski definition) is 6. The van der Waals surface area contributed by atoms with Crippen molar-refractivity contribution in [2.75, 3.05) is 12.3 Å². The van der Waals surface area contributed by atoms with Crippen LogP contribution in [0.3, 0.4) is 0 Å². The predicted octanol–water partition coefficient (Wildman–Crippen LogP) is 2.95. The van der Waals surface area contributed by atoms with Crippen LogP contribution in [0.2, 0.25) is 0 Å². The number of nitrogens with one attached hydrogen (secondary N) is 1. The van der Waals surface area contributed by atoms with Crippen LogP contribution >= 0.6 is 12.4 Å². The maximum atomic E-state index is 12.8. The highest BCUT2D eigenvalue weighted by Crippen LogP contribution is 2.22. The smallest absolute Gasteiger partial charge is 0.387 e. The number of halogens is 3. The van der Waals surface area contributed by atoms with Crippen molar-refractivity contribution in [1.29, 1.82) is 0 Å². The summed E-state index contributed by atoms with van der Waals surface area (Å²) in [6.07, 6.45) is 2.76. The molecule has 1 atom stereocenters. The Kier molecular flexibility index (Phi) is 8.89. The number of nitrogen functional groups attached to an aromatic ring is 1. The van der Waals surface area contributed by atoms with Gasteiger partial charge < -0.3 is 20.9 Å². The van der Waals surface area contributed by atoms with Gasteiger partial charge in [0.25, 0.3) is 5.91 Å². The summed E-state index contributed by atoms with van der Waals surface area (Å²) in [4.78, 5) is 20.3. The number of carbonyl (C=O) groups excluding carboxylic acids is 1. The summed E-state index contributed by atoms with van der Waals surface area (Å²) >= 11 is 0. The van der Waals surface area contributed by atoms with Crippen molar-refractivity contribution in [2.24, 2.45) is 0 Å². The molecule has 2 aromatic carbocycles. The number of aliphatic hydroxyl groups excluding tert-OH is 1. The van der Waals surface area contributed by atoms with E-state index in [2.05, 4.69) is 31.9 Å². The SMILES string of the molecule is Cl.Nc1ncc(C#Cc2cc(C(=O)N[C@H](CO)c3ccccc3)ccc2OC(F)F)cn1. The lowest BCUT2D eigenvalue weighted by atomic mass is 10.1. The molecule has 166 valence electrons. The van der Waals surface area contributed by atoms with E-state index < -0.39 is 18.6 Å². The summed E-state index contributed by atoms with van der Waals surface area (Å²) in [6.45, 7) is -3.37. The third-order valence-corrected chi connectivity index (χ3v) is 4.16. The van der Waals surface area contributed by atoms with Crippen LogP contribution in [-0.4, -0.2) is 34.2 Å². The first-order chi connectivity index (χ1) is 15.0. The molecule has 0 saturated heterocycles. The topological polar surface area (TPSA) is 110 Å². The first-order valence-corrected chi connectivity index (χ1v) is 9.11. The van der Waals surface area contributed by atoms with Crippen molar-refractivity contribution in [3.8, 4) is 17.6 Å². The fraction of sp³-hybridized carbons (Fsp3) is 0.136. The second kappa shape index (κ2) is 11.6. The van der Waals surface area contributed by atoms with E-state index in [4.69, 9.17) is 5.73 Å². The molecule has 0 radical (unpaired) electrons. The van der Waals surface area contributed by atoms with Crippen molar-refractivity contribution in [3.63, 3.8) is 0 Å². The molecule has 0 aliphatic carbocycles. The van der Waals surface area contributed by atoms with Crippen molar-refractivity contribution >= 4 is 24.3 Å². The molecule has 0 aliphatic heterocycles. The molecule has 1 amide bonds. The number of anilines is 1. The van der Waals surface area contributed by atoms with E-state index in [1.54, 1.807) is 24.3 Å². The fourth-order valence-electron chi connectivity index (χ4n) is 2.67. The van der Waals surface area contributed by atoms with E-state index in [1.165, 1.54) is 30.6 Å². The Morgan fingerprint density at radius 3 is 2.44 bits per heavy atom. The Labute approximate surface area is 189 Å². The molecule has 1 heterocycles. The normalized spacial score (nSPS) is 11.0. The quantitative estimate of drug-likeness (QED) is 0.488. The van der Waals surface area contributed by atoms with Gasteiger partial charge in [-0.25, -0.2) is 9.97 Å². The third-order valence-electron chi connectivity index (χ3n) is 4.16. The summed E-state index contributed by atoms with van der Waals surface area (Å²) in [5.74, 6) is 4.79. The summed E-state index contributed by atoms with van der Waals surface area (Å²) in [6, 6.07) is 12.2. The number of amides is 1. The van der Waals surface area contributed by atoms with Crippen molar-refractivity contribution in [1.82, 2.24) is 15.3 Å². The maximum Gasteiger partial charge on any atom is 0.387 e. The lowest BCUT2D eigenvalue weighted by Gasteiger charge is -2.17. The average molecular weight is 461 g/mol. The summed E-state index contributed by atoms with van der Waals surface area (Å²) < 4.78 is 30.0. The van der Waals surface area contributed by atoms with Gasteiger partial charge in [-0.15, -0.1) is 12.4 Å². The first-order valence-electron chi connectivity index (χ1n) is 9.11. The maximum absolute atomic E-state index is 12.8. The number of carbonyl (C=O) groups is 1. The van der Waals surface area contributed by atoms with Crippen LogP contribution in [0.25, 0.3) is 0 Å². The molecular formula is C22H19ClF2N4O3. The predicted molar refractivity (Wildman–Crippen MR) is 116 cm³/mol. The number of aliphatic hydroxyl groups is 1. The highest BCUT2D eigenvalue weighted by Gasteiger charge is 2.17. The largest absolute Gasteiger partial charge is 0.434 e. The molecule has 4 N–H and O–H groups in total. The van der Waals surface area contributed by atoms with Crippen LogP contribution in [0.15, 0.2) is 60.9 Å². The zero-order chi connectivity index (χ0) is 22.2. The number of alkyl halides is 2. The molecule has 0 spiro atoms. The minimum atomic E-state index is -3.06. The van der Waals surface area contributed by atoms with Gasteiger partial charge in [-0.05, 0) is 23.8 Å². The van der Waals surface area contributed by atoms with Crippen molar-refractivity contribution in [2.45, 2.75) is 12.7 Å². The van der Waals surface area contributed by atoms with Crippen LogP contribution in [0.5, 0.6) is 5.75 Å². The second-order valence-electron chi connectivity index (χ2n) is 6.29. The lowest BCUT2D eigenvalue weighted by Crippen LogP contribution is -2.30. The molecule has 3 aromatic rings. The van der Waals surface area contributed by atoms with E-state index in [9.17, 15) is 18.7 Å². The van der Waals surface area contributed by atoms with E-state index in [0.29, 0.717) is 5.56 Å². The molecule has 1 aromatic heterocycles. The molecule has 0 unspecified atom stereocenters. The number of benzene rings is 2. The number of nitrogens with zero attached hydrogens (tertiary/aromatic N) is 2. The van der Waals surface area contributed by atoms with Gasteiger partial charge in [-0.1, -0.05) is 42.2 Å². The summed E-state index contributed by atoms with van der Waals surface area (Å²) in [7, 11) is 0. The number of rotatable bonds is 6. The Bertz CT molecular complexity index is 1100. The number of nitrogens with two attached hydrogens (primary N) is 1. The minimum absolute atomic E-state index is 0. The average Bonchev–Trinajstić information content (AvgIpc) is 2.78. The fourth-order valence-corrected chi connectivity index (χ4v) is 2.67. The van der Waals surface area contributed by atoms with Gasteiger partial charge in [0.05, 0.1) is 23.8 Å².